The molecule has 54 valence electrons. The summed E-state index contributed by atoms with van der Waals surface area (Å²) in [6.07, 6.45) is 0.366. The quantitative estimate of drug-likeness (QED) is 0.545. The van der Waals surface area contributed by atoms with Crippen molar-refractivity contribution >= 4 is 31.5 Å². The van der Waals surface area contributed by atoms with Crippen molar-refractivity contribution in [3.05, 3.63) is 0 Å². The van der Waals surface area contributed by atoms with E-state index in [1.54, 1.807) is 0 Å². The predicted octanol–water partition coefficient (Wildman–Crippen LogP) is 1.85. The van der Waals surface area contributed by atoms with Crippen LogP contribution in [0.4, 0.5) is 0 Å². The molecule has 0 aliphatic carbocycles. The van der Waals surface area contributed by atoms with Gasteiger partial charge in [0.1, 0.15) is 11.4 Å². The van der Waals surface area contributed by atoms with Crippen LogP contribution in [0.25, 0.3) is 0 Å². The average molecular weight is 192 g/mol. The SMILES string of the molecule is O=[P+](O)OCCC(Cl)Cl. The summed E-state index contributed by atoms with van der Waals surface area (Å²) >= 11 is 10.5. The Morgan fingerprint density at radius 1 is 1.67 bits per heavy atom. The Hall–Kier alpha value is 0.600. The first kappa shape index (κ1) is 9.60. The highest BCUT2D eigenvalue weighted by Crippen LogP contribution is 2.16. The van der Waals surface area contributed by atoms with Crippen molar-refractivity contribution in [1.82, 2.24) is 0 Å². The molecule has 0 spiro atoms. The van der Waals surface area contributed by atoms with Crippen molar-refractivity contribution in [3.63, 3.8) is 0 Å². The lowest BCUT2D eigenvalue weighted by Crippen LogP contribution is -1.93. The second kappa shape index (κ2) is 5.39. The Balaban J connectivity index is 3.01. The summed E-state index contributed by atoms with van der Waals surface area (Å²) in [7, 11) is -2.50. The van der Waals surface area contributed by atoms with E-state index in [1.165, 1.54) is 0 Å². The summed E-state index contributed by atoms with van der Waals surface area (Å²) in [5.74, 6) is 0. The van der Waals surface area contributed by atoms with Gasteiger partial charge in [-0.1, -0.05) is 0 Å². The first-order valence-electron chi connectivity index (χ1n) is 2.20. The Labute approximate surface area is 63.9 Å². The zero-order chi connectivity index (χ0) is 7.28. The molecule has 0 aromatic carbocycles. The van der Waals surface area contributed by atoms with Gasteiger partial charge in [-0.05, 0) is 0 Å². The molecule has 0 aliphatic heterocycles. The minimum atomic E-state index is -2.50. The monoisotopic (exact) mass is 191 g/mol. The molecule has 0 amide bonds. The lowest BCUT2D eigenvalue weighted by molar-refractivity contribution is 0.281. The first-order valence-corrected chi connectivity index (χ1v) is 4.20. The third-order valence-electron chi connectivity index (χ3n) is 0.538. The summed E-state index contributed by atoms with van der Waals surface area (Å²) in [6, 6.07) is 0. The molecular weight excluding hydrogens is 186 g/mol. The molecule has 0 heterocycles. The maximum Gasteiger partial charge on any atom is 0.694 e. The minimum Gasteiger partial charge on any atom is -0.133 e. The molecule has 0 aromatic heterocycles. The van der Waals surface area contributed by atoms with Gasteiger partial charge in [0.15, 0.2) is 0 Å². The lowest BCUT2D eigenvalue weighted by Gasteiger charge is -1.91. The Morgan fingerprint density at radius 2 is 2.22 bits per heavy atom. The van der Waals surface area contributed by atoms with Crippen LogP contribution in [-0.2, 0) is 9.09 Å². The van der Waals surface area contributed by atoms with Crippen molar-refractivity contribution in [2.45, 2.75) is 11.3 Å². The van der Waals surface area contributed by atoms with Gasteiger partial charge >= 0.3 is 8.25 Å². The fourth-order valence-electron chi connectivity index (χ4n) is 0.220. The van der Waals surface area contributed by atoms with Crippen LogP contribution >= 0.6 is 31.5 Å². The first-order chi connectivity index (χ1) is 4.13. The van der Waals surface area contributed by atoms with Gasteiger partial charge in [-0.15, -0.1) is 32.6 Å². The van der Waals surface area contributed by atoms with Crippen molar-refractivity contribution < 1.29 is 14.0 Å². The molecule has 9 heavy (non-hydrogen) atoms. The Kier molecular flexibility index (Phi) is 5.75. The van der Waals surface area contributed by atoms with Gasteiger partial charge in [-0.3, -0.25) is 0 Å². The molecule has 1 unspecified atom stereocenters. The van der Waals surface area contributed by atoms with Crippen molar-refractivity contribution in [1.29, 1.82) is 0 Å². The normalized spacial score (nSPS) is 12.2. The topological polar surface area (TPSA) is 46.5 Å². The van der Waals surface area contributed by atoms with Gasteiger partial charge in [0.25, 0.3) is 0 Å². The molecule has 0 saturated carbocycles. The molecular formula is C3H6Cl2O3P+. The van der Waals surface area contributed by atoms with E-state index in [4.69, 9.17) is 28.1 Å². The standard InChI is InChI=1S/C3H5Cl2O3P/c4-3(5)1-2-8-9(6)7/h3H,1-2H2/p+1. The third-order valence-corrected chi connectivity index (χ3v) is 1.38. The van der Waals surface area contributed by atoms with Crippen LogP contribution < -0.4 is 0 Å². The summed E-state index contributed by atoms with van der Waals surface area (Å²) in [4.78, 5) is 7.54. The highest BCUT2D eigenvalue weighted by atomic mass is 35.5. The van der Waals surface area contributed by atoms with E-state index >= 15 is 0 Å². The van der Waals surface area contributed by atoms with Crippen LogP contribution in [-0.4, -0.2) is 16.3 Å². The highest BCUT2D eigenvalue weighted by Gasteiger charge is 2.11. The zero-order valence-electron chi connectivity index (χ0n) is 4.46. The summed E-state index contributed by atoms with van der Waals surface area (Å²) in [5.41, 5.74) is 0. The number of alkyl halides is 2. The summed E-state index contributed by atoms with van der Waals surface area (Å²) in [6.45, 7) is 0.114. The molecule has 0 radical (unpaired) electrons. The van der Waals surface area contributed by atoms with Crippen LogP contribution in [0.2, 0.25) is 0 Å². The van der Waals surface area contributed by atoms with E-state index < -0.39 is 13.1 Å². The second-order valence-corrected chi connectivity index (χ2v) is 3.26. The molecule has 0 fully saturated rings. The number of hydrogen-bond acceptors (Lipinski definition) is 2. The van der Waals surface area contributed by atoms with E-state index in [0.29, 0.717) is 6.42 Å². The second-order valence-electron chi connectivity index (χ2n) is 1.25. The Bertz CT molecular complexity index is 97.1. The van der Waals surface area contributed by atoms with E-state index in [-0.39, 0.29) is 6.61 Å². The van der Waals surface area contributed by atoms with Crippen LogP contribution in [0.5, 0.6) is 0 Å². The van der Waals surface area contributed by atoms with Crippen LogP contribution in [0.15, 0.2) is 0 Å². The average Bonchev–Trinajstić information content (AvgIpc) is 1.63. The maximum atomic E-state index is 9.82. The van der Waals surface area contributed by atoms with E-state index in [9.17, 15) is 4.57 Å². The number of halogens is 2. The van der Waals surface area contributed by atoms with Crippen LogP contribution in [0, 0.1) is 0 Å². The summed E-state index contributed by atoms with van der Waals surface area (Å²) < 4.78 is 14.1. The van der Waals surface area contributed by atoms with Gasteiger partial charge in [-0.2, -0.15) is 0 Å². The fourth-order valence-corrected chi connectivity index (χ4v) is 0.660. The van der Waals surface area contributed by atoms with E-state index in [0.717, 1.165) is 0 Å². The zero-order valence-corrected chi connectivity index (χ0v) is 6.86. The van der Waals surface area contributed by atoms with Crippen molar-refractivity contribution in [2.75, 3.05) is 6.61 Å². The lowest BCUT2D eigenvalue weighted by atomic mass is 10.5. The molecule has 0 bridgehead atoms. The van der Waals surface area contributed by atoms with Crippen LogP contribution in [0.3, 0.4) is 0 Å². The maximum absolute atomic E-state index is 9.82. The molecule has 0 aliphatic rings. The van der Waals surface area contributed by atoms with Crippen LogP contribution in [0.1, 0.15) is 6.42 Å². The molecule has 0 rings (SSSR count). The largest absolute Gasteiger partial charge is 0.694 e. The molecule has 1 N–H and O–H groups in total. The van der Waals surface area contributed by atoms with E-state index in [1.807, 2.05) is 0 Å². The molecule has 6 heteroatoms. The predicted molar refractivity (Wildman–Crippen MR) is 35.9 cm³/mol. The van der Waals surface area contributed by atoms with Crippen molar-refractivity contribution in [2.24, 2.45) is 0 Å². The number of rotatable bonds is 4. The summed E-state index contributed by atoms with van der Waals surface area (Å²) in [5, 5.41) is 0. The van der Waals surface area contributed by atoms with Gasteiger partial charge in [-0.25, -0.2) is 0 Å². The Morgan fingerprint density at radius 3 is 2.56 bits per heavy atom. The smallest absolute Gasteiger partial charge is 0.133 e. The number of hydrogen-bond donors (Lipinski definition) is 1. The molecule has 3 nitrogen and oxygen atoms in total. The molecule has 0 aromatic rings. The van der Waals surface area contributed by atoms with Gasteiger partial charge in [0.2, 0.25) is 0 Å². The minimum absolute atomic E-state index is 0.114. The molecule has 0 saturated heterocycles. The highest BCUT2D eigenvalue weighted by molar-refractivity contribution is 7.32. The van der Waals surface area contributed by atoms with E-state index in [2.05, 4.69) is 4.52 Å². The fraction of sp³-hybridized carbons (Fsp3) is 1.00. The van der Waals surface area contributed by atoms with Gasteiger partial charge in [0, 0.05) is 11.0 Å². The third kappa shape index (κ3) is 8.60. The van der Waals surface area contributed by atoms with Gasteiger partial charge in [0.05, 0.1) is 0 Å². The molecule has 1 atom stereocenters. The van der Waals surface area contributed by atoms with Crippen molar-refractivity contribution in [3.8, 4) is 0 Å². The van der Waals surface area contributed by atoms with Gasteiger partial charge < -0.3 is 0 Å².